The number of nitrogens with zero attached hydrogens (tertiary/aromatic N) is 3. The minimum atomic E-state index is -1.87. The van der Waals surface area contributed by atoms with Gasteiger partial charge in [-0.3, -0.25) is 14.4 Å². The van der Waals surface area contributed by atoms with E-state index in [0.29, 0.717) is 43.0 Å². The molecule has 0 radical (unpaired) electrons. The number of hydrogen-bond donors (Lipinski definition) is 2. The van der Waals surface area contributed by atoms with Crippen LogP contribution in [0.15, 0.2) is 84.0 Å². The summed E-state index contributed by atoms with van der Waals surface area (Å²) in [4.78, 5) is 44.6. The van der Waals surface area contributed by atoms with Gasteiger partial charge in [0.1, 0.15) is 0 Å². The van der Waals surface area contributed by atoms with Gasteiger partial charge in [-0.25, -0.2) is 0 Å². The number of fused-ring (bicyclic) bond motifs is 1. The van der Waals surface area contributed by atoms with Crippen molar-refractivity contribution in [2.24, 2.45) is 5.92 Å². The molecule has 1 saturated heterocycles. The molecule has 2 atom stereocenters. The predicted octanol–water partition coefficient (Wildman–Crippen LogP) is 5.64. The van der Waals surface area contributed by atoms with Gasteiger partial charge in [-0.2, -0.15) is 0 Å². The normalized spacial score (nSPS) is 18.9. The summed E-state index contributed by atoms with van der Waals surface area (Å²) >= 11 is 0. The molecule has 2 heterocycles. The molecule has 8 nitrogen and oxygen atoms in total. The van der Waals surface area contributed by atoms with Gasteiger partial charge in [0.2, 0.25) is 11.8 Å². The van der Waals surface area contributed by atoms with Crippen LogP contribution in [0.2, 0.25) is 0 Å². The molecule has 0 aromatic heterocycles. The fourth-order valence-electron chi connectivity index (χ4n) is 6.00. The van der Waals surface area contributed by atoms with Crippen LogP contribution in [0, 0.1) is 5.92 Å². The van der Waals surface area contributed by atoms with Gasteiger partial charge in [0.05, 0.1) is 12.3 Å². The van der Waals surface area contributed by atoms with Gasteiger partial charge in [-0.1, -0.05) is 72.7 Å². The van der Waals surface area contributed by atoms with Crippen LogP contribution in [0.25, 0.3) is 0 Å². The zero-order valence-corrected chi connectivity index (χ0v) is 27.0. The molecule has 0 saturated carbocycles. The summed E-state index contributed by atoms with van der Waals surface area (Å²) in [5.74, 6) is -1.21. The first-order valence-corrected chi connectivity index (χ1v) is 15.9. The number of anilines is 2. The lowest BCUT2D eigenvalue weighted by molar-refractivity contribution is -0.139. The van der Waals surface area contributed by atoms with E-state index in [2.05, 4.69) is 26.8 Å². The summed E-state index contributed by atoms with van der Waals surface area (Å²) < 4.78 is 0. The number of benzene rings is 2. The van der Waals surface area contributed by atoms with Gasteiger partial charge in [0, 0.05) is 56.2 Å². The number of carbonyl (C=O) groups is 3. The fourth-order valence-corrected chi connectivity index (χ4v) is 6.00. The Bertz CT molecular complexity index is 1460. The van der Waals surface area contributed by atoms with Gasteiger partial charge in [0.15, 0.2) is 5.60 Å². The Labute approximate surface area is 267 Å². The van der Waals surface area contributed by atoms with E-state index in [4.69, 9.17) is 0 Å². The van der Waals surface area contributed by atoms with Crippen LogP contribution in [0.5, 0.6) is 0 Å². The molecular weight excluding hydrogens is 566 g/mol. The number of carbonyl (C=O) groups excluding carboxylic acids is 3. The maximum Gasteiger partial charge on any atom is 0.264 e. The number of rotatable bonds is 14. The number of amides is 3. The molecule has 0 spiro atoms. The highest BCUT2D eigenvalue weighted by atomic mass is 16.3. The zero-order chi connectivity index (χ0) is 32.6. The Morgan fingerprint density at radius 3 is 2.51 bits per heavy atom. The summed E-state index contributed by atoms with van der Waals surface area (Å²) in [5.41, 5.74) is 3.29. The Morgan fingerprint density at radius 1 is 1.09 bits per heavy atom. The molecule has 3 amide bonds. The van der Waals surface area contributed by atoms with Crippen molar-refractivity contribution in [1.82, 2.24) is 4.90 Å². The average molecular weight is 614 g/mol. The summed E-state index contributed by atoms with van der Waals surface area (Å²) in [6.45, 7) is 9.34. The predicted molar refractivity (Wildman–Crippen MR) is 179 cm³/mol. The second-order valence-electron chi connectivity index (χ2n) is 12.3. The quantitative estimate of drug-likeness (QED) is 0.269. The minimum absolute atomic E-state index is 0.0315. The lowest BCUT2D eigenvalue weighted by Gasteiger charge is -2.28. The van der Waals surface area contributed by atoms with Crippen molar-refractivity contribution < 1.29 is 24.6 Å². The Balaban J connectivity index is 1.57. The largest absolute Gasteiger partial charge is 0.395 e. The third kappa shape index (κ3) is 7.99. The SMILES string of the molecule is CC(C)=CCC/C(C)=C/CN1C(=O)[C@@](O)([C@@H](C)/C=C/CC(=O)N(CCO)Cc2ccccc2)c2cc(N3CCCC3=O)ccc21. The van der Waals surface area contributed by atoms with Crippen LogP contribution in [0.4, 0.5) is 11.4 Å². The second-order valence-corrected chi connectivity index (χ2v) is 12.3. The number of aliphatic hydroxyl groups is 2. The molecule has 2 aliphatic heterocycles. The zero-order valence-electron chi connectivity index (χ0n) is 27.0. The van der Waals surface area contributed by atoms with Crippen molar-refractivity contribution in [3.05, 3.63) is 95.1 Å². The molecule has 0 unspecified atom stereocenters. The molecule has 240 valence electrons. The fraction of sp³-hybridized carbons (Fsp3) is 0.432. The minimum Gasteiger partial charge on any atom is -0.395 e. The second kappa shape index (κ2) is 15.3. The van der Waals surface area contributed by atoms with Gasteiger partial charge in [0.25, 0.3) is 5.91 Å². The van der Waals surface area contributed by atoms with Crippen molar-refractivity contribution in [3.63, 3.8) is 0 Å². The first-order chi connectivity index (χ1) is 21.6. The molecule has 2 N–H and O–H groups in total. The van der Waals surface area contributed by atoms with Gasteiger partial charge >= 0.3 is 0 Å². The third-order valence-corrected chi connectivity index (χ3v) is 8.67. The first-order valence-electron chi connectivity index (χ1n) is 15.9. The highest BCUT2D eigenvalue weighted by Gasteiger charge is 2.52. The average Bonchev–Trinajstić information content (AvgIpc) is 3.54. The molecule has 1 fully saturated rings. The van der Waals surface area contributed by atoms with Crippen molar-refractivity contribution in [2.75, 3.05) is 36.0 Å². The smallest absolute Gasteiger partial charge is 0.264 e. The van der Waals surface area contributed by atoms with Crippen LogP contribution in [-0.2, 0) is 26.5 Å². The number of allylic oxidation sites excluding steroid dienone is 3. The molecule has 8 heteroatoms. The molecule has 0 aliphatic carbocycles. The van der Waals surface area contributed by atoms with E-state index in [-0.39, 0.29) is 31.4 Å². The van der Waals surface area contributed by atoms with E-state index in [1.54, 1.807) is 39.8 Å². The maximum atomic E-state index is 14.1. The van der Waals surface area contributed by atoms with Crippen LogP contribution in [0.3, 0.4) is 0 Å². The highest BCUT2D eigenvalue weighted by molar-refractivity contribution is 6.08. The third-order valence-electron chi connectivity index (χ3n) is 8.67. The van der Waals surface area contributed by atoms with Crippen LogP contribution >= 0.6 is 0 Å². The Hall–Kier alpha value is -4.01. The lowest BCUT2D eigenvalue weighted by Crippen LogP contribution is -2.44. The first kappa shape index (κ1) is 33.9. The number of aliphatic hydroxyl groups excluding tert-OH is 1. The summed E-state index contributed by atoms with van der Waals surface area (Å²) in [5, 5.41) is 21.7. The van der Waals surface area contributed by atoms with Crippen molar-refractivity contribution in [3.8, 4) is 0 Å². The van der Waals surface area contributed by atoms with Gasteiger partial charge < -0.3 is 24.9 Å². The topological polar surface area (TPSA) is 101 Å². The van der Waals surface area contributed by atoms with E-state index in [0.717, 1.165) is 30.4 Å². The molecule has 2 aliphatic rings. The van der Waals surface area contributed by atoms with E-state index < -0.39 is 17.4 Å². The summed E-state index contributed by atoms with van der Waals surface area (Å²) in [6.07, 6.45) is 10.8. The van der Waals surface area contributed by atoms with E-state index in [9.17, 15) is 24.6 Å². The van der Waals surface area contributed by atoms with Crippen LogP contribution < -0.4 is 9.80 Å². The van der Waals surface area contributed by atoms with Crippen LogP contribution in [0.1, 0.15) is 70.9 Å². The molecule has 0 bridgehead atoms. The standard InChI is InChI=1S/C37H47N3O5/c1-27(2)11-8-12-28(3)20-22-40-33-19-18-31(39-21-10-17-35(39)43)25-32(33)37(45,36(40)44)29(4)13-9-16-34(42)38(23-24-41)26-30-14-6-5-7-15-30/h5-7,9,11,13-15,18-20,25,29,41,45H,8,10,12,16-17,21-24,26H2,1-4H3/b13-9+,28-20+/t29-,37+/m0/s1. The van der Waals surface area contributed by atoms with E-state index in [1.165, 1.54) is 5.57 Å². The molecular formula is C37H47N3O5. The summed E-state index contributed by atoms with van der Waals surface area (Å²) in [7, 11) is 0. The van der Waals surface area contributed by atoms with Crippen molar-refractivity contribution in [2.45, 2.75) is 71.9 Å². The molecule has 45 heavy (non-hydrogen) atoms. The lowest BCUT2D eigenvalue weighted by atomic mass is 9.82. The Kier molecular flexibility index (Phi) is 11.5. The van der Waals surface area contributed by atoms with Gasteiger partial charge in [-0.05, 0) is 63.8 Å². The monoisotopic (exact) mass is 613 g/mol. The van der Waals surface area contributed by atoms with Crippen LogP contribution in [-0.4, -0.2) is 59.1 Å². The highest BCUT2D eigenvalue weighted by Crippen LogP contribution is 2.47. The van der Waals surface area contributed by atoms with E-state index in [1.807, 2.05) is 48.5 Å². The molecule has 4 rings (SSSR count). The maximum absolute atomic E-state index is 14.1. The van der Waals surface area contributed by atoms with Crippen molar-refractivity contribution >= 4 is 29.1 Å². The number of hydrogen-bond acceptors (Lipinski definition) is 5. The molecule has 2 aromatic rings. The molecule has 2 aromatic carbocycles. The summed E-state index contributed by atoms with van der Waals surface area (Å²) in [6, 6.07) is 15.1. The van der Waals surface area contributed by atoms with Gasteiger partial charge in [-0.15, -0.1) is 0 Å². The van der Waals surface area contributed by atoms with E-state index >= 15 is 0 Å². The van der Waals surface area contributed by atoms with Crippen molar-refractivity contribution in [1.29, 1.82) is 0 Å². The Morgan fingerprint density at radius 2 is 1.84 bits per heavy atom.